The molecule has 0 fully saturated rings. The number of urea groups is 1. The second kappa shape index (κ2) is 6.05. The third-order valence-electron chi connectivity index (χ3n) is 3.19. The van der Waals surface area contributed by atoms with Crippen molar-refractivity contribution in [2.24, 2.45) is 4.99 Å². The molecule has 5 nitrogen and oxygen atoms in total. The van der Waals surface area contributed by atoms with Crippen LogP contribution in [0, 0.1) is 0 Å². The summed E-state index contributed by atoms with van der Waals surface area (Å²) < 4.78 is 5.47. The van der Waals surface area contributed by atoms with Gasteiger partial charge in [0, 0.05) is 19.4 Å². The van der Waals surface area contributed by atoms with Crippen molar-refractivity contribution in [2.75, 3.05) is 0 Å². The summed E-state index contributed by atoms with van der Waals surface area (Å²) in [5, 5.41) is 2.70. The van der Waals surface area contributed by atoms with E-state index in [0.29, 0.717) is 23.6 Å². The van der Waals surface area contributed by atoms with E-state index in [1.807, 2.05) is 30.3 Å². The first-order valence-corrected chi connectivity index (χ1v) is 7.56. The van der Waals surface area contributed by atoms with E-state index in [4.69, 9.17) is 4.42 Å². The number of nitrogens with zero attached hydrogens (tertiary/aromatic N) is 1. The zero-order chi connectivity index (χ0) is 14.7. The minimum atomic E-state index is -0.464. The van der Waals surface area contributed by atoms with E-state index >= 15 is 0 Å². The molecule has 0 saturated carbocycles. The lowest BCUT2D eigenvalue weighted by molar-refractivity contribution is 0.0972. The number of aryl methyl sites for hydroxylation is 1. The van der Waals surface area contributed by atoms with Gasteiger partial charge in [-0.05, 0) is 12.0 Å². The normalized spacial score (nSPS) is 14.9. The zero-order valence-electron chi connectivity index (χ0n) is 11.3. The second-order valence-corrected chi connectivity index (χ2v) is 5.72. The topological polar surface area (TPSA) is 71.7 Å². The van der Waals surface area contributed by atoms with Crippen LogP contribution in [0.4, 0.5) is 4.79 Å². The molecule has 1 aromatic carbocycles. The van der Waals surface area contributed by atoms with E-state index in [9.17, 15) is 9.59 Å². The van der Waals surface area contributed by atoms with Gasteiger partial charge in [0.25, 0.3) is 4.87 Å². The molecule has 0 radical (unpaired) electrons. The van der Waals surface area contributed by atoms with Crippen LogP contribution in [0.15, 0.2) is 39.7 Å². The Morgan fingerprint density at radius 1 is 1.29 bits per heavy atom. The van der Waals surface area contributed by atoms with Crippen molar-refractivity contribution in [2.45, 2.75) is 25.8 Å². The third kappa shape index (κ3) is 3.28. The molecule has 1 aromatic heterocycles. The lowest BCUT2D eigenvalue weighted by Gasteiger charge is -2.05. The highest BCUT2D eigenvalue weighted by molar-refractivity contribution is 7.11. The number of amides is 2. The summed E-state index contributed by atoms with van der Waals surface area (Å²) in [5.74, 6) is 0.738. The molecule has 21 heavy (non-hydrogen) atoms. The SMILES string of the molecule is O=C(/N=c1/oc2c(s1)C(=O)CCC2)NCc1ccccc1. The summed E-state index contributed by atoms with van der Waals surface area (Å²) in [7, 11) is 0. The van der Waals surface area contributed by atoms with Crippen LogP contribution in [0.2, 0.25) is 0 Å². The highest BCUT2D eigenvalue weighted by Crippen LogP contribution is 2.22. The molecule has 0 saturated heterocycles. The molecule has 0 aliphatic heterocycles. The molecule has 3 rings (SSSR count). The number of Topliss-reactive ketones (excluding diaryl/α,β-unsaturated/α-hetero) is 1. The number of rotatable bonds is 2. The molecule has 0 unspecified atom stereocenters. The van der Waals surface area contributed by atoms with Gasteiger partial charge in [-0.2, -0.15) is 0 Å². The van der Waals surface area contributed by atoms with Gasteiger partial charge < -0.3 is 9.73 Å². The van der Waals surface area contributed by atoms with Crippen molar-refractivity contribution in [3.05, 3.63) is 51.4 Å². The average Bonchev–Trinajstić information content (AvgIpc) is 2.90. The number of carbonyl (C=O) groups excluding carboxylic acids is 2. The molecule has 0 bridgehead atoms. The Bertz CT molecular complexity index is 731. The highest BCUT2D eigenvalue weighted by atomic mass is 32.1. The molecule has 1 aliphatic carbocycles. The van der Waals surface area contributed by atoms with E-state index in [0.717, 1.165) is 29.7 Å². The van der Waals surface area contributed by atoms with Crippen LogP contribution in [0.3, 0.4) is 0 Å². The standard InChI is InChI=1S/C15H14N2O3S/c18-11-7-4-8-12-13(11)21-15(20-12)17-14(19)16-9-10-5-2-1-3-6-10/h1-3,5-6H,4,7-9H2,(H,16,19)/b17-15-. The molecular weight excluding hydrogens is 288 g/mol. The maximum Gasteiger partial charge on any atom is 0.345 e. The van der Waals surface area contributed by atoms with Gasteiger partial charge in [0.1, 0.15) is 10.6 Å². The molecule has 6 heteroatoms. The molecule has 0 atom stereocenters. The van der Waals surface area contributed by atoms with Crippen LogP contribution in [0.5, 0.6) is 0 Å². The Hall–Kier alpha value is -2.21. The number of hydrogen-bond acceptors (Lipinski definition) is 4. The van der Waals surface area contributed by atoms with Crippen molar-refractivity contribution < 1.29 is 14.0 Å². The van der Waals surface area contributed by atoms with Crippen LogP contribution in [0.25, 0.3) is 0 Å². The fourth-order valence-corrected chi connectivity index (χ4v) is 3.08. The van der Waals surface area contributed by atoms with Crippen molar-refractivity contribution in [1.29, 1.82) is 0 Å². The third-order valence-corrected chi connectivity index (χ3v) is 4.20. The Labute approximate surface area is 125 Å². The monoisotopic (exact) mass is 302 g/mol. The lowest BCUT2D eigenvalue weighted by Crippen LogP contribution is -2.20. The summed E-state index contributed by atoms with van der Waals surface area (Å²) in [4.78, 5) is 28.2. The van der Waals surface area contributed by atoms with Crippen LogP contribution >= 0.6 is 11.3 Å². The van der Waals surface area contributed by atoms with Crippen LogP contribution in [-0.2, 0) is 13.0 Å². The van der Waals surface area contributed by atoms with E-state index in [2.05, 4.69) is 10.3 Å². The number of benzene rings is 1. The number of hydrogen-bond donors (Lipinski definition) is 1. The van der Waals surface area contributed by atoms with Gasteiger partial charge in [0.15, 0.2) is 5.78 Å². The van der Waals surface area contributed by atoms with E-state index in [-0.39, 0.29) is 10.7 Å². The van der Waals surface area contributed by atoms with Gasteiger partial charge in [-0.15, -0.1) is 4.99 Å². The summed E-state index contributed by atoms with van der Waals surface area (Å²) in [5.41, 5.74) is 0.999. The Balaban J connectivity index is 1.70. The van der Waals surface area contributed by atoms with Crippen molar-refractivity contribution in [1.82, 2.24) is 5.32 Å². The number of ketones is 1. The molecular formula is C15H14N2O3S. The summed E-state index contributed by atoms with van der Waals surface area (Å²) in [6, 6.07) is 9.12. The first kappa shape index (κ1) is 13.8. The maximum atomic E-state index is 11.8. The van der Waals surface area contributed by atoms with E-state index in [1.165, 1.54) is 0 Å². The fourth-order valence-electron chi connectivity index (χ4n) is 2.16. The van der Waals surface area contributed by atoms with E-state index in [1.54, 1.807) is 0 Å². The first-order chi connectivity index (χ1) is 10.2. The molecule has 2 amide bonds. The van der Waals surface area contributed by atoms with Crippen LogP contribution in [-0.4, -0.2) is 11.8 Å². The van der Waals surface area contributed by atoms with Gasteiger partial charge in [0.05, 0.1) is 0 Å². The van der Waals surface area contributed by atoms with Crippen LogP contribution in [0.1, 0.15) is 33.8 Å². The summed E-state index contributed by atoms with van der Waals surface area (Å²) in [6.45, 7) is 0.410. The quantitative estimate of drug-likeness (QED) is 0.927. The molecule has 1 N–H and O–H groups in total. The molecule has 1 heterocycles. The predicted molar refractivity (Wildman–Crippen MR) is 78.1 cm³/mol. The predicted octanol–water partition coefficient (Wildman–Crippen LogP) is 2.67. The number of fused-ring (bicyclic) bond motifs is 1. The molecule has 108 valence electrons. The van der Waals surface area contributed by atoms with Crippen molar-refractivity contribution in [3.8, 4) is 0 Å². The zero-order valence-corrected chi connectivity index (χ0v) is 12.1. The summed E-state index contributed by atoms with van der Waals surface area (Å²) >= 11 is 1.15. The minimum Gasteiger partial charge on any atom is -0.434 e. The Morgan fingerprint density at radius 3 is 2.86 bits per heavy atom. The van der Waals surface area contributed by atoms with Gasteiger partial charge in [-0.1, -0.05) is 41.7 Å². The Kier molecular flexibility index (Phi) is 3.96. The molecule has 2 aromatic rings. The van der Waals surface area contributed by atoms with Gasteiger partial charge in [-0.3, -0.25) is 4.79 Å². The number of nitrogens with one attached hydrogen (secondary N) is 1. The van der Waals surface area contributed by atoms with E-state index < -0.39 is 6.03 Å². The lowest BCUT2D eigenvalue weighted by atomic mass is 10.0. The number of carbonyl (C=O) groups is 2. The van der Waals surface area contributed by atoms with Crippen molar-refractivity contribution >= 4 is 23.2 Å². The second-order valence-electron chi connectivity index (χ2n) is 4.76. The van der Waals surface area contributed by atoms with Gasteiger partial charge in [0.2, 0.25) is 0 Å². The van der Waals surface area contributed by atoms with Gasteiger partial charge in [-0.25, -0.2) is 4.79 Å². The Morgan fingerprint density at radius 2 is 2.10 bits per heavy atom. The van der Waals surface area contributed by atoms with Gasteiger partial charge >= 0.3 is 6.03 Å². The summed E-state index contributed by atoms with van der Waals surface area (Å²) in [6.07, 6.45) is 2.08. The molecule has 1 aliphatic rings. The fraction of sp³-hybridized carbons (Fsp3) is 0.267. The van der Waals surface area contributed by atoms with Crippen LogP contribution < -0.4 is 10.2 Å². The first-order valence-electron chi connectivity index (χ1n) is 6.75. The molecule has 0 spiro atoms. The highest BCUT2D eigenvalue weighted by Gasteiger charge is 2.22. The maximum absolute atomic E-state index is 11.8. The minimum absolute atomic E-state index is 0.0798. The van der Waals surface area contributed by atoms with Crippen molar-refractivity contribution in [3.63, 3.8) is 0 Å². The average molecular weight is 302 g/mol. The largest absolute Gasteiger partial charge is 0.434 e. The smallest absolute Gasteiger partial charge is 0.345 e.